The summed E-state index contributed by atoms with van der Waals surface area (Å²) >= 11 is 3.62. The standard InChI is InChI=1S/C45H24N4OS2/c1-5-13-35-27(9-1)31-19-20-32-28-10-2-6-14-36(28)50-42(32)41(31)49(35)45-47-43(25-17-21-39-33(23-25)29-11-3-7-15-37(29)51-39)46-44(48-45)26-18-22-40-34(24-26)30-12-4-8-16-38(30)52-40/h1-24H. The molecule has 5 aromatic heterocycles. The van der Waals surface area contributed by atoms with Gasteiger partial charge in [0.2, 0.25) is 5.95 Å². The van der Waals surface area contributed by atoms with Crippen molar-refractivity contribution in [2.75, 3.05) is 0 Å². The predicted molar refractivity (Wildman–Crippen MR) is 218 cm³/mol. The fraction of sp³-hybridized carbons (Fsp3) is 0. The zero-order chi connectivity index (χ0) is 33.9. The molecule has 0 aliphatic rings. The van der Waals surface area contributed by atoms with E-state index in [-0.39, 0.29) is 0 Å². The molecule has 0 unspecified atom stereocenters. The highest BCUT2D eigenvalue weighted by molar-refractivity contribution is 7.26. The van der Waals surface area contributed by atoms with Crippen molar-refractivity contribution in [3.63, 3.8) is 0 Å². The molecule has 0 aliphatic heterocycles. The van der Waals surface area contributed by atoms with Crippen LogP contribution in [-0.2, 0) is 0 Å². The number of benzene rings is 7. The van der Waals surface area contributed by atoms with Crippen molar-refractivity contribution in [1.29, 1.82) is 0 Å². The van der Waals surface area contributed by atoms with Crippen molar-refractivity contribution >= 4 is 107 Å². The molecule has 0 bridgehead atoms. The van der Waals surface area contributed by atoms with Gasteiger partial charge in [-0.3, -0.25) is 4.57 Å². The molecular formula is C45H24N4OS2. The molecule has 12 rings (SSSR count). The largest absolute Gasteiger partial charge is 0.454 e. The Bertz CT molecular complexity index is 3310. The molecule has 5 heterocycles. The number of furan rings is 1. The minimum Gasteiger partial charge on any atom is -0.454 e. The van der Waals surface area contributed by atoms with Crippen molar-refractivity contribution in [3.05, 3.63) is 146 Å². The van der Waals surface area contributed by atoms with Crippen LogP contribution >= 0.6 is 22.7 Å². The summed E-state index contributed by atoms with van der Waals surface area (Å²) in [6, 6.07) is 51.3. The summed E-state index contributed by atoms with van der Waals surface area (Å²) < 4.78 is 13.8. The molecule has 0 atom stereocenters. The van der Waals surface area contributed by atoms with E-state index >= 15 is 0 Å². The first kappa shape index (κ1) is 28.3. The number of aromatic nitrogens is 4. The van der Waals surface area contributed by atoms with Gasteiger partial charge in [-0.05, 0) is 66.7 Å². The van der Waals surface area contributed by atoms with Gasteiger partial charge < -0.3 is 4.42 Å². The lowest BCUT2D eigenvalue weighted by atomic mass is 10.1. The van der Waals surface area contributed by atoms with Gasteiger partial charge >= 0.3 is 0 Å². The molecule has 5 nitrogen and oxygen atoms in total. The molecule has 12 aromatic rings. The lowest BCUT2D eigenvalue weighted by molar-refractivity contribution is 0.670. The Morgan fingerprint density at radius 3 is 1.63 bits per heavy atom. The number of hydrogen-bond donors (Lipinski definition) is 0. The van der Waals surface area contributed by atoms with Gasteiger partial charge in [0.25, 0.3) is 0 Å². The van der Waals surface area contributed by atoms with E-state index in [9.17, 15) is 0 Å². The van der Waals surface area contributed by atoms with Gasteiger partial charge in [0.15, 0.2) is 17.2 Å². The fourth-order valence-electron chi connectivity index (χ4n) is 7.89. The van der Waals surface area contributed by atoms with Crippen LogP contribution in [0.2, 0.25) is 0 Å². The lowest BCUT2D eigenvalue weighted by Gasteiger charge is -2.11. The van der Waals surface area contributed by atoms with Gasteiger partial charge in [-0.15, -0.1) is 22.7 Å². The normalized spacial score (nSPS) is 12.2. The highest BCUT2D eigenvalue weighted by Crippen LogP contribution is 2.41. The Hall–Kier alpha value is -6.41. The van der Waals surface area contributed by atoms with E-state index in [1.165, 1.54) is 40.3 Å². The van der Waals surface area contributed by atoms with Crippen molar-refractivity contribution < 1.29 is 4.42 Å². The van der Waals surface area contributed by atoms with Crippen LogP contribution in [-0.4, -0.2) is 19.5 Å². The quantitative estimate of drug-likeness (QED) is 0.184. The average molecular weight is 701 g/mol. The summed E-state index contributed by atoms with van der Waals surface area (Å²) in [5.41, 5.74) is 5.50. The van der Waals surface area contributed by atoms with Crippen molar-refractivity contribution in [2.45, 2.75) is 0 Å². The maximum Gasteiger partial charge on any atom is 0.238 e. The molecule has 0 amide bonds. The molecule has 0 aliphatic carbocycles. The molecule has 242 valence electrons. The molecule has 0 N–H and O–H groups in total. The summed E-state index contributed by atoms with van der Waals surface area (Å²) in [6.07, 6.45) is 0. The third-order valence-electron chi connectivity index (χ3n) is 10.3. The molecule has 0 fully saturated rings. The van der Waals surface area contributed by atoms with E-state index in [1.54, 1.807) is 0 Å². The molecule has 0 spiro atoms. The molecule has 0 saturated carbocycles. The average Bonchev–Trinajstić information content (AvgIpc) is 3.96. The highest BCUT2D eigenvalue weighted by atomic mass is 32.1. The number of rotatable bonds is 3. The van der Waals surface area contributed by atoms with Crippen LogP contribution in [0.5, 0.6) is 0 Å². The molecule has 0 saturated heterocycles. The second kappa shape index (κ2) is 10.6. The minimum absolute atomic E-state index is 0.546. The van der Waals surface area contributed by atoms with E-state index in [0.717, 1.165) is 54.9 Å². The molecule has 7 aromatic carbocycles. The van der Waals surface area contributed by atoms with Crippen LogP contribution < -0.4 is 0 Å². The number of hydrogen-bond acceptors (Lipinski definition) is 6. The fourth-order valence-corrected chi connectivity index (χ4v) is 10.1. The number of para-hydroxylation sites is 2. The van der Waals surface area contributed by atoms with E-state index < -0.39 is 0 Å². The smallest absolute Gasteiger partial charge is 0.238 e. The first-order chi connectivity index (χ1) is 25.7. The van der Waals surface area contributed by atoms with Gasteiger partial charge in [-0.2, -0.15) is 9.97 Å². The topological polar surface area (TPSA) is 56.7 Å². The van der Waals surface area contributed by atoms with Gasteiger partial charge in [-0.25, -0.2) is 4.98 Å². The monoisotopic (exact) mass is 700 g/mol. The number of fused-ring (bicyclic) bond motifs is 13. The van der Waals surface area contributed by atoms with Crippen molar-refractivity contribution in [2.24, 2.45) is 0 Å². The first-order valence-electron chi connectivity index (χ1n) is 17.2. The van der Waals surface area contributed by atoms with Crippen LogP contribution in [0.3, 0.4) is 0 Å². The second-order valence-corrected chi connectivity index (χ2v) is 15.4. The minimum atomic E-state index is 0.546. The summed E-state index contributed by atoms with van der Waals surface area (Å²) in [7, 11) is 0. The van der Waals surface area contributed by atoms with Crippen LogP contribution in [0.15, 0.2) is 150 Å². The third-order valence-corrected chi connectivity index (χ3v) is 12.6. The summed E-state index contributed by atoms with van der Waals surface area (Å²) in [6.45, 7) is 0. The molecule has 7 heteroatoms. The zero-order valence-electron chi connectivity index (χ0n) is 27.4. The SMILES string of the molecule is c1ccc2c(c1)oc1c2ccc2c3ccccc3n(-c3nc(-c4ccc5sc6ccccc6c5c4)nc(-c4ccc5sc6ccccc6c5c4)n3)c21. The van der Waals surface area contributed by atoms with Gasteiger partial charge in [0.05, 0.1) is 5.52 Å². The van der Waals surface area contributed by atoms with E-state index in [1.807, 2.05) is 34.8 Å². The van der Waals surface area contributed by atoms with E-state index in [2.05, 4.69) is 138 Å². The lowest BCUT2D eigenvalue weighted by Crippen LogP contribution is -2.06. The highest BCUT2D eigenvalue weighted by Gasteiger charge is 2.22. The first-order valence-corrected chi connectivity index (χ1v) is 18.8. The van der Waals surface area contributed by atoms with Crippen LogP contribution in [0.4, 0.5) is 0 Å². The van der Waals surface area contributed by atoms with E-state index in [0.29, 0.717) is 17.6 Å². The molecule has 0 radical (unpaired) electrons. The zero-order valence-corrected chi connectivity index (χ0v) is 29.0. The van der Waals surface area contributed by atoms with Gasteiger partial charge in [-0.1, -0.05) is 78.9 Å². The maximum atomic E-state index is 6.66. The Morgan fingerprint density at radius 1 is 0.423 bits per heavy atom. The number of thiophene rings is 2. The molecular weight excluding hydrogens is 677 g/mol. The Balaban J connectivity index is 1.18. The maximum absolute atomic E-state index is 6.66. The van der Waals surface area contributed by atoms with Gasteiger partial charge in [0, 0.05) is 73.0 Å². The summed E-state index contributed by atoms with van der Waals surface area (Å²) in [5, 5.41) is 9.23. The van der Waals surface area contributed by atoms with Gasteiger partial charge in [0.1, 0.15) is 11.1 Å². The Kier molecular flexibility index (Phi) is 5.75. The predicted octanol–water partition coefficient (Wildman–Crippen LogP) is 12.9. The molecule has 52 heavy (non-hydrogen) atoms. The van der Waals surface area contributed by atoms with E-state index in [4.69, 9.17) is 19.4 Å². The van der Waals surface area contributed by atoms with Crippen LogP contribution in [0.25, 0.3) is 113 Å². The number of nitrogens with zero attached hydrogens (tertiary/aromatic N) is 4. The summed E-state index contributed by atoms with van der Waals surface area (Å²) in [4.78, 5) is 15.9. The van der Waals surface area contributed by atoms with Crippen LogP contribution in [0, 0.1) is 0 Å². The summed E-state index contributed by atoms with van der Waals surface area (Å²) in [5.74, 6) is 1.79. The second-order valence-electron chi connectivity index (χ2n) is 13.2. The van der Waals surface area contributed by atoms with Crippen molar-refractivity contribution in [1.82, 2.24) is 19.5 Å². The van der Waals surface area contributed by atoms with Crippen molar-refractivity contribution in [3.8, 4) is 28.7 Å². The Morgan fingerprint density at radius 2 is 0.962 bits per heavy atom. The van der Waals surface area contributed by atoms with Crippen LogP contribution in [0.1, 0.15) is 0 Å². The Labute approximate surface area is 303 Å². The third kappa shape index (κ3) is 4.00.